The van der Waals surface area contributed by atoms with Crippen LogP contribution in [0.4, 0.5) is 0 Å². The number of hydrogen-bond acceptors (Lipinski definition) is 3. The van der Waals surface area contributed by atoms with Crippen LogP contribution in [0.5, 0.6) is 17.2 Å². The van der Waals surface area contributed by atoms with Gasteiger partial charge in [0.15, 0.2) is 0 Å². The second-order valence-electron chi connectivity index (χ2n) is 5.25. The summed E-state index contributed by atoms with van der Waals surface area (Å²) in [6.07, 6.45) is 6.58. The lowest BCUT2D eigenvalue weighted by atomic mass is 10.3. The summed E-state index contributed by atoms with van der Waals surface area (Å²) in [5.74, 6) is 2.51. The van der Waals surface area contributed by atoms with Gasteiger partial charge in [0.1, 0.15) is 17.2 Å². The molecule has 0 aliphatic carbocycles. The molecule has 0 heterocycles. The highest BCUT2D eigenvalue weighted by molar-refractivity contribution is 5.42. The van der Waals surface area contributed by atoms with Gasteiger partial charge >= 0.3 is 0 Å². The summed E-state index contributed by atoms with van der Waals surface area (Å²) in [4.78, 5) is 0. The van der Waals surface area contributed by atoms with Crippen LogP contribution in [0, 0.1) is 0 Å². The molecule has 0 radical (unpaired) electrons. The van der Waals surface area contributed by atoms with Gasteiger partial charge in [-0.2, -0.15) is 0 Å². The molecule has 120 valence electrons. The molecule has 0 atom stereocenters. The second-order valence-corrected chi connectivity index (χ2v) is 5.25. The average Bonchev–Trinajstić information content (AvgIpc) is 2.48. The van der Waals surface area contributed by atoms with Crippen molar-refractivity contribution in [3.05, 3.63) is 18.2 Å². The Morgan fingerprint density at radius 3 is 1.10 bits per heavy atom. The van der Waals surface area contributed by atoms with Gasteiger partial charge in [0.25, 0.3) is 0 Å². The van der Waals surface area contributed by atoms with Gasteiger partial charge in [-0.25, -0.2) is 0 Å². The highest BCUT2D eigenvalue weighted by Crippen LogP contribution is 2.28. The standard InChI is InChI=1S/C18H30O3/c1-4-7-10-19-16-13-17(20-11-8-5-2)15-18(14-16)21-12-9-6-3/h13-15H,4-12H2,1-3H3. The first kappa shape index (κ1) is 17.7. The molecule has 21 heavy (non-hydrogen) atoms. The Morgan fingerprint density at radius 1 is 0.571 bits per heavy atom. The van der Waals surface area contributed by atoms with Crippen molar-refractivity contribution in [3.8, 4) is 17.2 Å². The molecule has 1 aromatic carbocycles. The van der Waals surface area contributed by atoms with Gasteiger partial charge < -0.3 is 14.2 Å². The number of ether oxygens (including phenoxy) is 3. The molecule has 0 aliphatic heterocycles. The van der Waals surface area contributed by atoms with Crippen LogP contribution >= 0.6 is 0 Å². The summed E-state index contributed by atoms with van der Waals surface area (Å²) < 4.78 is 17.3. The molecule has 1 aromatic rings. The normalized spacial score (nSPS) is 10.4. The van der Waals surface area contributed by atoms with E-state index in [0.29, 0.717) is 0 Å². The lowest BCUT2D eigenvalue weighted by Crippen LogP contribution is -2.02. The van der Waals surface area contributed by atoms with Crippen LogP contribution in [0.2, 0.25) is 0 Å². The summed E-state index contributed by atoms with van der Waals surface area (Å²) in [7, 11) is 0. The molecule has 0 aromatic heterocycles. The smallest absolute Gasteiger partial charge is 0.126 e. The van der Waals surface area contributed by atoms with Crippen molar-refractivity contribution in [2.45, 2.75) is 59.3 Å². The van der Waals surface area contributed by atoms with E-state index < -0.39 is 0 Å². The minimum atomic E-state index is 0.739. The molecule has 0 fully saturated rings. The van der Waals surface area contributed by atoms with E-state index in [1.807, 2.05) is 18.2 Å². The second kappa shape index (κ2) is 11.3. The predicted molar refractivity (Wildman–Crippen MR) is 87.7 cm³/mol. The van der Waals surface area contributed by atoms with Crippen molar-refractivity contribution in [2.75, 3.05) is 19.8 Å². The quantitative estimate of drug-likeness (QED) is 0.494. The molecule has 0 amide bonds. The van der Waals surface area contributed by atoms with Crippen molar-refractivity contribution in [1.82, 2.24) is 0 Å². The first-order valence-electron chi connectivity index (χ1n) is 8.33. The molecule has 0 bridgehead atoms. The van der Waals surface area contributed by atoms with E-state index in [9.17, 15) is 0 Å². The third kappa shape index (κ3) is 7.84. The maximum absolute atomic E-state index is 5.78. The summed E-state index contributed by atoms with van der Waals surface area (Å²) in [6.45, 7) is 8.70. The molecule has 0 saturated heterocycles. The molecule has 0 N–H and O–H groups in total. The number of unbranched alkanes of at least 4 members (excludes halogenated alkanes) is 3. The number of benzene rings is 1. The van der Waals surface area contributed by atoms with E-state index >= 15 is 0 Å². The molecular formula is C18H30O3. The van der Waals surface area contributed by atoms with Crippen molar-refractivity contribution in [2.24, 2.45) is 0 Å². The molecule has 1 rings (SSSR count). The van der Waals surface area contributed by atoms with Crippen LogP contribution in [-0.2, 0) is 0 Å². The van der Waals surface area contributed by atoms with Crippen LogP contribution in [0.1, 0.15) is 59.3 Å². The van der Waals surface area contributed by atoms with E-state index in [4.69, 9.17) is 14.2 Å². The highest BCUT2D eigenvalue weighted by atomic mass is 16.5. The SMILES string of the molecule is CCCCOc1cc(OCCCC)cc(OCCCC)c1. The summed E-state index contributed by atoms with van der Waals surface area (Å²) >= 11 is 0. The van der Waals surface area contributed by atoms with Crippen LogP contribution < -0.4 is 14.2 Å². The van der Waals surface area contributed by atoms with E-state index in [1.165, 1.54) is 0 Å². The van der Waals surface area contributed by atoms with Gasteiger partial charge in [0.2, 0.25) is 0 Å². The maximum atomic E-state index is 5.78. The molecule has 0 unspecified atom stereocenters. The Bertz CT molecular complexity index is 307. The zero-order valence-electron chi connectivity index (χ0n) is 13.8. The predicted octanol–water partition coefficient (Wildman–Crippen LogP) is 5.22. The Morgan fingerprint density at radius 2 is 0.857 bits per heavy atom. The van der Waals surface area contributed by atoms with Crippen molar-refractivity contribution in [3.63, 3.8) is 0 Å². The third-order valence-corrected chi connectivity index (χ3v) is 3.15. The molecule has 0 spiro atoms. The topological polar surface area (TPSA) is 27.7 Å². The van der Waals surface area contributed by atoms with Crippen LogP contribution in [-0.4, -0.2) is 19.8 Å². The molecular weight excluding hydrogens is 264 g/mol. The Hall–Kier alpha value is -1.38. The fourth-order valence-electron chi connectivity index (χ4n) is 1.80. The highest BCUT2D eigenvalue weighted by Gasteiger charge is 2.05. The maximum Gasteiger partial charge on any atom is 0.126 e. The first-order chi connectivity index (χ1) is 10.3. The van der Waals surface area contributed by atoms with Gasteiger partial charge in [-0.1, -0.05) is 40.0 Å². The van der Waals surface area contributed by atoms with E-state index in [0.717, 1.165) is 75.6 Å². The van der Waals surface area contributed by atoms with Gasteiger partial charge in [0.05, 0.1) is 19.8 Å². The number of hydrogen-bond donors (Lipinski definition) is 0. The zero-order valence-corrected chi connectivity index (χ0v) is 13.8. The monoisotopic (exact) mass is 294 g/mol. The van der Waals surface area contributed by atoms with E-state index in [-0.39, 0.29) is 0 Å². The zero-order chi connectivity index (χ0) is 15.3. The van der Waals surface area contributed by atoms with Gasteiger partial charge in [-0.3, -0.25) is 0 Å². The van der Waals surface area contributed by atoms with Gasteiger partial charge in [-0.15, -0.1) is 0 Å². The first-order valence-corrected chi connectivity index (χ1v) is 8.33. The summed E-state index contributed by atoms with van der Waals surface area (Å²) in [5.41, 5.74) is 0. The third-order valence-electron chi connectivity index (χ3n) is 3.15. The van der Waals surface area contributed by atoms with Crippen molar-refractivity contribution < 1.29 is 14.2 Å². The lowest BCUT2D eigenvalue weighted by Gasteiger charge is -2.13. The van der Waals surface area contributed by atoms with Crippen LogP contribution in [0.25, 0.3) is 0 Å². The summed E-state index contributed by atoms with van der Waals surface area (Å²) in [5, 5.41) is 0. The van der Waals surface area contributed by atoms with E-state index in [1.54, 1.807) is 0 Å². The Kier molecular flexibility index (Phi) is 9.51. The largest absolute Gasteiger partial charge is 0.493 e. The van der Waals surface area contributed by atoms with Gasteiger partial charge in [-0.05, 0) is 19.3 Å². The Balaban J connectivity index is 2.65. The average molecular weight is 294 g/mol. The van der Waals surface area contributed by atoms with Crippen molar-refractivity contribution >= 4 is 0 Å². The van der Waals surface area contributed by atoms with E-state index in [2.05, 4.69) is 20.8 Å². The lowest BCUT2D eigenvalue weighted by molar-refractivity contribution is 0.280. The van der Waals surface area contributed by atoms with Crippen LogP contribution in [0.3, 0.4) is 0 Å². The summed E-state index contributed by atoms with van der Waals surface area (Å²) in [6, 6.07) is 5.87. The van der Waals surface area contributed by atoms with Crippen molar-refractivity contribution in [1.29, 1.82) is 0 Å². The minimum absolute atomic E-state index is 0.739. The van der Waals surface area contributed by atoms with Gasteiger partial charge in [0, 0.05) is 18.2 Å². The van der Waals surface area contributed by atoms with Crippen LogP contribution in [0.15, 0.2) is 18.2 Å². The molecule has 0 aliphatic rings. The molecule has 3 nitrogen and oxygen atoms in total. The Labute approximate surface area is 129 Å². The molecule has 0 saturated carbocycles. The number of rotatable bonds is 12. The minimum Gasteiger partial charge on any atom is -0.493 e. The fourth-order valence-corrected chi connectivity index (χ4v) is 1.80. The molecule has 3 heteroatoms. The fraction of sp³-hybridized carbons (Fsp3) is 0.667.